The number of carbonyl (C=O) groups is 2. The molecule has 0 aromatic heterocycles. The van der Waals surface area contributed by atoms with Gasteiger partial charge in [-0.1, -0.05) is 50.0 Å². The van der Waals surface area contributed by atoms with Gasteiger partial charge >= 0.3 is 0 Å². The van der Waals surface area contributed by atoms with Gasteiger partial charge in [-0.25, -0.2) is 8.42 Å². The van der Waals surface area contributed by atoms with E-state index >= 15 is 0 Å². The van der Waals surface area contributed by atoms with Gasteiger partial charge in [0.1, 0.15) is 18.3 Å². The molecule has 3 aromatic rings. The first-order valence-corrected chi connectivity index (χ1v) is 17.7. The predicted molar refractivity (Wildman–Crippen MR) is 179 cm³/mol. The van der Waals surface area contributed by atoms with Crippen molar-refractivity contribution in [3.63, 3.8) is 0 Å². The summed E-state index contributed by atoms with van der Waals surface area (Å²) in [6.45, 7) is 7.78. The zero-order chi connectivity index (χ0) is 32.4. The maximum Gasteiger partial charge on any atom is 0.264 e. The Morgan fingerprint density at radius 2 is 1.57 bits per heavy atom. The monoisotopic (exact) mass is 679 g/mol. The molecule has 1 N–H and O–H groups in total. The van der Waals surface area contributed by atoms with Gasteiger partial charge in [0, 0.05) is 33.6 Å². The van der Waals surface area contributed by atoms with E-state index in [0.717, 1.165) is 9.20 Å². The summed E-state index contributed by atoms with van der Waals surface area (Å²) >= 11 is 14.5. The highest BCUT2D eigenvalue weighted by molar-refractivity contribution is 7.98. The van der Waals surface area contributed by atoms with Gasteiger partial charge in [-0.05, 0) is 86.2 Å². The van der Waals surface area contributed by atoms with Crippen LogP contribution in [0.3, 0.4) is 0 Å². The van der Waals surface area contributed by atoms with Crippen LogP contribution >= 0.6 is 35.0 Å². The zero-order valence-corrected chi connectivity index (χ0v) is 28.7. The lowest BCUT2D eigenvalue weighted by atomic mass is 10.1. The molecule has 0 aliphatic carbocycles. The molecular formula is C32H39Cl2N3O5S2. The van der Waals surface area contributed by atoms with Crippen molar-refractivity contribution in [3.8, 4) is 5.75 Å². The third kappa shape index (κ3) is 9.06. The fraction of sp³-hybridized carbons (Fsp3) is 0.375. The molecule has 0 aliphatic heterocycles. The van der Waals surface area contributed by atoms with Crippen molar-refractivity contribution in [1.82, 2.24) is 10.2 Å². The molecule has 0 spiro atoms. The summed E-state index contributed by atoms with van der Waals surface area (Å²) in [5, 5.41) is 3.57. The molecule has 0 heterocycles. The van der Waals surface area contributed by atoms with E-state index in [0.29, 0.717) is 34.5 Å². The third-order valence-corrected chi connectivity index (χ3v) is 10.1. The second-order valence-electron chi connectivity index (χ2n) is 10.4. The fourth-order valence-electron chi connectivity index (χ4n) is 4.47. The van der Waals surface area contributed by atoms with Crippen molar-refractivity contribution in [3.05, 3.63) is 82.3 Å². The van der Waals surface area contributed by atoms with Gasteiger partial charge in [-0.3, -0.25) is 13.9 Å². The van der Waals surface area contributed by atoms with E-state index in [1.807, 2.05) is 27.0 Å². The van der Waals surface area contributed by atoms with Crippen molar-refractivity contribution in [2.75, 3.05) is 30.3 Å². The van der Waals surface area contributed by atoms with E-state index in [1.54, 1.807) is 61.5 Å². The maximum absolute atomic E-state index is 14.3. The molecule has 0 fully saturated rings. The second kappa shape index (κ2) is 16.4. The average Bonchev–Trinajstić information content (AvgIpc) is 3.00. The highest BCUT2D eigenvalue weighted by Crippen LogP contribution is 2.30. The summed E-state index contributed by atoms with van der Waals surface area (Å²) in [5.41, 5.74) is 0.728. The van der Waals surface area contributed by atoms with Crippen LogP contribution in [0.1, 0.15) is 39.7 Å². The van der Waals surface area contributed by atoms with Crippen molar-refractivity contribution in [1.29, 1.82) is 0 Å². The Hall–Kier alpha value is -2.92. The molecule has 0 saturated heterocycles. The smallest absolute Gasteiger partial charge is 0.264 e. The number of thioether (sulfide) groups is 1. The van der Waals surface area contributed by atoms with E-state index in [1.165, 1.54) is 28.8 Å². The molecule has 0 bridgehead atoms. The Bertz CT molecular complexity index is 1500. The van der Waals surface area contributed by atoms with Gasteiger partial charge in [0.25, 0.3) is 10.0 Å². The number of benzene rings is 3. The fourth-order valence-corrected chi connectivity index (χ4v) is 6.81. The minimum atomic E-state index is -4.21. The number of sulfonamides is 1. The lowest BCUT2D eigenvalue weighted by Crippen LogP contribution is -2.52. The summed E-state index contributed by atoms with van der Waals surface area (Å²) in [7, 11) is -4.21. The highest BCUT2D eigenvalue weighted by Gasteiger charge is 2.34. The Labute approximate surface area is 275 Å². The lowest BCUT2D eigenvalue weighted by Gasteiger charge is -2.33. The molecule has 1 atom stereocenters. The second-order valence-corrected chi connectivity index (χ2v) is 14.0. The quantitative estimate of drug-likeness (QED) is 0.176. The number of anilines is 1. The van der Waals surface area contributed by atoms with Crippen LogP contribution in [0.15, 0.2) is 76.5 Å². The van der Waals surface area contributed by atoms with E-state index in [4.69, 9.17) is 27.9 Å². The molecule has 3 aromatic carbocycles. The number of carbonyl (C=O) groups excluding carboxylic acids is 2. The molecule has 3 rings (SSSR count). The highest BCUT2D eigenvalue weighted by atomic mass is 35.5. The van der Waals surface area contributed by atoms with Crippen molar-refractivity contribution in [2.24, 2.45) is 5.92 Å². The molecule has 44 heavy (non-hydrogen) atoms. The normalized spacial score (nSPS) is 12.1. The van der Waals surface area contributed by atoms with Crippen LogP contribution in [-0.2, 0) is 26.2 Å². The van der Waals surface area contributed by atoms with Gasteiger partial charge in [-0.15, -0.1) is 11.8 Å². The zero-order valence-electron chi connectivity index (χ0n) is 25.5. The Morgan fingerprint density at radius 3 is 2.09 bits per heavy atom. The number of amides is 2. The molecular weight excluding hydrogens is 641 g/mol. The molecule has 0 unspecified atom stereocenters. The number of nitrogens with one attached hydrogen (secondary N) is 1. The minimum absolute atomic E-state index is 0.0272. The number of hydrogen-bond donors (Lipinski definition) is 1. The number of nitrogens with zero attached hydrogens (tertiary/aromatic N) is 2. The summed E-state index contributed by atoms with van der Waals surface area (Å²) < 4.78 is 34.8. The lowest BCUT2D eigenvalue weighted by molar-refractivity contribution is -0.140. The molecule has 0 aliphatic rings. The SMILES string of the molecule is CCOc1ccc(N(CC(=O)N(Cc2c(Cl)cccc2Cl)[C@@H](CC)C(=O)NCC(C)C)S(=O)(=O)c2ccc(SC)cc2)cc1. The van der Waals surface area contributed by atoms with Gasteiger partial charge in [0.15, 0.2) is 0 Å². The standard InChI is InChI=1S/C32H39Cl2N3O5S2/c1-6-30(32(39)35-19-22(3)4)36(20-27-28(33)9-8-10-29(27)34)31(38)21-37(23-11-13-24(14-12-23)42-7-2)44(40,41)26-17-15-25(43-5)16-18-26/h8-18,22,30H,6-7,19-21H2,1-5H3,(H,35,39)/t30-/m0/s1. The van der Waals surface area contributed by atoms with Crippen LogP contribution < -0.4 is 14.4 Å². The summed E-state index contributed by atoms with van der Waals surface area (Å²) in [6.07, 6.45) is 2.18. The van der Waals surface area contributed by atoms with E-state index in [-0.39, 0.29) is 35.4 Å². The largest absolute Gasteiger partial charge is 0.494 e. The van der Waals surface area contributed by atoms with E-state index < -0.39 is 28.5 Å². The van der Waals surface area contributed by atoms with Gasteiger partial charge in [-0.2, -0.15) is 0 Å². The molecule has 238 valence electrons. The Morgan fingerprint density at radius 1 is 0.955 bits per heavy atom. The molecule has 2 amide bonds. The number of halogens is 2. The van der Waals surface area contributed by atoms with Crippen LogP contribution in [0, 0.1) is 5.92 Å². The third-order valence-electron chi connectivity index (χ3n) is 6.82. The number of rotatable bonds is 15. The maximum atomic E-state index is 14.3. The Kier molecular flexibility index (Phi) is 13.3. The summed E-state index contributed by atoms with van der Waals surface area (Å²) in [6, 6.07) is 17.0. The van der Waals surface area contributed by atoms with Gasteiger partial charge in [0.05, 0.1) is 17.2 Å². The minimum Gasteiger partial charge on any atom is -0.494 e. The van der Waals surface area contributed by atoms with Gasteiger partial charge < -0.3 is 15.0 Å². The van der Waals surface area contributed by atoms with E-state index in [2.05, 4.69) is 5.32 Å². The average molecular weight is 681 g/mol. The predicted octanol–water partition coefficient (Wildman–Crippen LogP) is 6.89. The topological polar surface area (TPSA) is 96.0 Å². The van der Waals surface area contributed by atoms with Crippen molar-refractivity contribution >= 4 is 62.5 Å². The summed E-state index contributed by atoms with van der Waals surface area (Å²) in [4.78, 5) is 30.0. The molecule has 0 radical (unpaired) electrons. The van der Waals surface area contributed by atoms with Gasteiger partial charge in [0.2, 0.25) is 11.8 Å². The first-order valence-electron chi connectivity index (χ1n) is 14.3. The van der Waals surface area contributed by atoms with Crippen LogP contribution in [0.5, 0.6) is 5.75 Å². The number of ether oxygens (including phenoxy) is 1. The summed E-state index contributed by atoms with van der Waals surface area (Å²) in [5.74, 6) is -0.185. The van der Waals surface area contributed by atoms with Crippen molar-refractivity contribution < 1.29 is 22.7 Å². The van der Waals surface area contributed by atoms with E-state index in [9.17, 15) is 18.0 Å². The first kappa shape index (κ1) is 35.6. The Balaban J connectivity index is 2.09. The molecule has 8 nitrogen and oxygen atoms in total. The van der Waals surface area contributed by atoms with Crippen LogP contribution in [0.25, 0.3) is 0 Å². The number of hydrogen-bond acceptors (Lipinski definition) is 6. The first-order chi connectivity index (χ1) is 20.9. The van der Waals surface area contributed by atoms with Crippen LogP contribution in [0.4, 0.5) is 5.69 Å². The van der Waals surface area contributed by atoms with Crippen molar-refractivity contribution in [2.45, 2.75) is 56.5 Å². The molecule has 12 heteroatoms. The van der Waals surface area contributed by atoms with Crippen LogP contribution in [0.2, 0.25) is 10.0 Å². The van der Waals surface area contributed by atoms with Crippen LogP contribution in [-0.4, -0.2) is 57.1 Å². The molecule has 0 saturated carbocycles.